The number of carboxylic acid groups (broad SMARTS) is 1. The predicted octanol–water partition coefficient (Wildman–Crippen LogP) is 2.02. The molecule has 2 atom stereocenters. The second-order valence-corrected chi connectivity index (χ2v) is 10.8. The van der Waals surface area contributed by atoms with E-state index in [-0.39, 0.29) is 17.7 Å². The third kappa shape index (κ3) is 4.45. The summed E-state index contributed by atoms with van der Waals surface area (Å²) in [5.41, 5.74) is -0.0608. The summed E-state index contributed by atoms with van der Waals surface area (Å²) in [7, 11) is -0.126. The average Bonchev–Trinajstić information content (AvgIpc) is 2.12. The summed E-state index contributed by atoms with van der Waals surface area (Å²) in [4.78, 5) is 22.9. The van der Waals surface area contributed by atoms with Crippen LogP contribution in [0.3, 0.4) is 0 Å². The average molecular weight is 246 g/mol. The van der Waals surface area contributed by atoms with E-state index in [0.29, 0.717) is 6.61 Å². The largest absolute Gasteiger partial charge is 0.481 e. The van der Waals surface area contributed by atoms with E-state index in [0.717, 1.165) is 0 Å². The summed E-state index contributed by atoms with van der Waals surface area (Å²) >= 11 is 0. The van der Waals surface area contributed by atoms with Crippen LogP contribution in [0.15, 0.2) is 0 Å². The maximum Gasteiger partial charge on any atom is 0.314 e. The van der Waals surface area contributed by atoms with Crippen LogP contribution in [0.25, 0.3) is 0 Å². The van der Waals surface area contributed by atoms with Gasteiger partial charge in [-0.05, 0) is 5.54 Å². The van der Waals surface area contributed by atoms with Gasteiger partial charge >= 0.3 is 5.97 Å². The van der Waals surface area contributed by atoms with Crippen LogP contribution in [0.5, 0.6) is 0 Å². The number of aliphatic carboxylic acids is 1. The first-order valence-electron chi connectivity index (χ1n) is 5.46. The van der Waals surface area contributed by atoms with Gasteiger partial charge < -0.3 is 9.84 Å². The van der Waals surface area contributed by atoms with Crippen LogP contribution < -0.4 is 0 Å². The van der Waals surface area contributed by atoms with Crippen LogP contribution in [-0.4, -0.2) is 38.6 Å². The third-order valence-electron chi connectivity index (χ3n) is 3.03. The Morgan fingerprint density at radius 3 is 2.12 bits per heavy atom. The van der Waals surface area contributed by atoms with Crippen molar-refractivity contribution in [2.24, 2.45) is 5.92 Å². The molecule has 0 radical (unpaired) electrons. The number of hydrogen-bond acceptors (Lipinski definition) is 3. The molecule has 0 aliphatic carbocycles. The van der Waals surface area contributed by atoms with Crippen molar-refractivity contribution in [1.82, 2.24) is 0 Å². The summed E-state index contributed by atoms with van der Waals surface area (Å²) < 4.78 is 4.81. The Morgan fingerprint density at radius 2 is 1.81 bits per heavy atom. The van der Waals surface area contributed by atoms with Gasteiger partial charge in [0, 0.05) is 21.6 Å². The number of hydrogen-bond donors (Lipinski definition) is 1. The van der Waals surface area contributed by atoms with E-state index < -0.39 is 20.0 Å². The molecule has 5 heteroatoms. The quantitative estimate of drug-likeness (QED) is 0.551. The molecule has 0 amide bonds. The van der Waals surface area contributed by atoms with Crippen molar-refractivity contribution >= 4 is 19.8 Å². The molecular formula is C11H22O4Si. The first kappa shape index (κ1) is 15.3. The molecule has 0 fully saturated rings. The van der Waals surface area contributed by atoms with Crippen molar-refractivity contribution in [3.05, 3.63) is 0 Å². The van der Waals surface area contributed by atoms with E-state index in [1.165, 1.54) is 7.11 Å². The molecule has 0 rings (SSSR count). The molecule has 1 N–H and O–H groups in total. The topological polar surface area (TPSA) is 63.6 Å². The maximum atomic E-state index is 11.8. The van der Waals surface area contributed by atoms with Crippen molar-refractivity contribution < 1.29 is 19.4 Å². The molecule has 0 aromatic rings. The third-order valence-corrected chi connectivity index (χ3v) is 6.10. The Morgan fingerprint density at radius 1 is 1.31 bits per heavy atom. The van der Waals surface area contributed by atoms with Gasteiger partial charge in [-0.3, -0.25) is 9.59 Å². The Labute approximate surface area is 98.0 Å². The van der Waals surface area contributed by atoms with E-state index in [2.05, 4.69) is 19.6 Å². The predicted molar refractivity (Wildman–Crippen MR) is 65.4 cm³/mol. The zero-order valence-corrected chi connectivity index (χ0v) is 11.7. The van der Waals surface area contributed by atoms with Crippen LogP contribution in [0.1, 0.15) is 13.3 Å². The fourth-order valence-electron chi connectivity index (χ4n) is 1.49. The van der Waals surface area contributed by atoms with Crippen molar-refractivity contribution in [3.63, 3.8) is 0 Å². The number of ether oxygens (including phenoxy) is 1. The van der Waals surface area contributed by atoms with Crippen LogP contribution in [0.4, 0.5) is 0 Å². The van der Waals surface area contributed by atoms with Crippen molar-refractivity contribution in [2.75, 3.05) is 13.7 Å². The molecule has 0 aliphatic rings. The number of carbonyl (C=O) groups excluding carboxylic acids is 1. The lowest BCUT2D eigenvalue weighted by atomic mass is 9.98. The van der Waals surface area contributed by atoms with Crippen LogP contribution >= 0.6 is 0 Å². The van der Waals surface area contributed by atoms with Gasteiger partial charge in [0.2, 0.25) is 0 Å². The highest BCUT2D eigenvalue weighted by atomic mass is 28.3. The SMILES string of the molecule is COCCC(=O)C(C(=O)O)C(C)[Si](C)(C)C. The van der Waals surface area contributed by atoms with Crippen molar-refractivity contribution in [3.8, 4) is 0 Å². The standard InChI is InChI=1S/C11H22O4Si/c1-8(16(3,4)5)10(11(13)14)9(12)6-7-15-2/h8,10H,6-7H2,1-5H3,(H,13,14). The van der Waals surface area contributed by atoms with Crippen LogP contribution in [-0.2, 0) is 14.3 Å². The van der Waals surface area contributed by atoms with Gasteiger partial charge in [-0.2, -0.15) is 0 Å². The van der Waals surface area contributed by atoms with E-state index in [1.807, 2.05) is 6.92 Å². The lowest BCUT2D eigenvalue weighted by Crippen LogP contribution is -2.39. The summed E-state index contributed by atoms with van der Waals surface area (Å²) in [6, 6.07) is 0. The summed E-state index contributed by atoms with van der Waals surface area (Å²) in [5, 5.41) is 9.14. The van der Waals surface area contributed by atoms with Gasteiger partial charge in [0.1, 0.15) is 11.7 Å². The highest BCUT2D eigenvalue weighted by Crippen LogP contribution is 2.31. The summed E-state index contributed by atoms with van der Waals surface area (Å²) in [5.74, 6) is -2.10. The van der Waals surface area contributed by atoms with Gasteiger partial charge in [0.15, 0.2) is 0 Å². The number of rotatable bonds is 7. The maximum absolute atomic E-state index is 11.8. The molecule has 0 heterocycles. The number of carbonyl (C=O) groups is 2. The molecule has 0 aromatic heterocycles. The molecule has 0 aromatic carbocycles. The number of methoxy groups -OCH3 is 1. The molecular weight excluding hydrogens is 224 g/mol. The highest BCUT2D eigenvalue weighted by Gasteiger charge is 2.38. The zero-order valence-electron chi connectivity index (χ0n) is 10.7. The minimum Gasteiger partial charge on any atom is -0.481 e. The van der Waals surface area contributed by atoms with Gasteiger partial charge in [-0.1, -0.05) is 26.6 Å². The molecule has 0 saturated heterocycles. The second kappa shape index (κ2) is 6.15. The summed E-state index contributed by atoms with van der Waals surface area (Å²) in [6.07, 6.45) is 0.183. The Kier molecular flexibility index (Phi) is 5.89. The summed E-state index contributed by atoms with van der Waals surface area (Å²) in [6.45, 7) is 8.41. The zero-order chi connectivity index (χ0) is 12.9. The molecule has 0 bridgehead atoms. The molecule has 0 aliphatic heterocycles. The number of ketones is 1. The van der Waals surface area contributed by atoms with E-state index in [4.69, 9.17) is 9.84 Å². The first-order valence-corrected chi connectivity index (χ1v) is 9.04. The molecule has 16 heavy (non-hydrogen) atoms. The van der Waals surface area contributed by atoms with Gasteiger partial charge in [-0.15, -0.1) is 0 Å². The normalized spacial score (nSPS) is 15.6. The molecule has 2 unspecified atom stereocenters. The molecule has 4 nitrogen and oxygen atoms in total. The second-order valence-electron chi connectivity index (χ2n) is 5.18. The number of carboxylic acids is 1. The fraction of sp³-hybridized carbons (Fsp3) is 0.818. The smallest absolute Gasteiger partial charge is 0.314 e. The lowest BCUT2D eigenvalue weighted by molar-refractivity contribution is -0.146. The van der Waals surface area contributed by atoms with Gasteiger partial charge in [0.25, 0.3) is 0 Å². The molecule has 0 spiro atoms. The molecule has 94 valence electrons. The minimum absolute atomic E-state index is 0.0608. The Bertz CT molecular complexity index is 257. The van der Waals surface area contributed by atoms with E-state index in [1.54, 1.807) is 0 Å². The van der Waals surface area contributed by atoms with Crippen LogP contribution in [0.2, 0.25) is 25.2 Å². The molecule has 0 saturated carbocycles. The van der Waals surface area contributed by atoms with Crippen LogP contribution in [0, 0.1) is 5.92 Å². The Balaban J connectivity index is 4.74. The highest BCUT2D eigenvalue weighted by molar-refractivity contribution is 6.78. The van der Waals surface area contributed by atoms with E-state index in [9.17, 15) is 9.59 Å². The van der Waals surface area contributed by atoms with E-state index >= 15 is 0 Å². The monoisotopic (exact) mass is 246 g/mol. The van der Waals surface area contributed by atoms with Gasteiger partial charge in [-0.25, -0.2) is 0 Å². The van der Waals surface area contributed by atoms with Crippen molar-refractivity contribution in [1.29, 1.82) is 0 Å². The minimum atomic E-state index is -1.63. The van der Waals surface area contributed by atoms with Crippen molar-refractivity contribution in [2.45, 2.75) is 38.5 Å². The lowest BCUT2D eigenvalue weighted by Gasteiger charge is -2.29. The number of Topliss-reactive ketones (excluding diaryl/α,β-unsaturated/α-hetero) is 1. The Hall–Kier alpha value is -0.683. The van der Waals surface area contributed by atoms with Gasteiger partial charge in [0.05, 0.1) is 6.61 Å². The first-order chi connectivity index (χ1) is 7.21. The fourth-order valence-corrected chi connectivity index (χ4v) is 2.82.